The lowest BCUT2D eigenvalue weighted by atomic mass is 10.0. The Kier molecular flexibility index (Phi) is 10.7. The van der Waals surface area contributed by atoms with Gasteiger partial charge in [-0.25, -0.2) is 15.0 Å². The molecule has 0 bridgehead atoms. The number of likely N-dealkylation sites (tertiary alicyclic amines) is 1. The molecular weight excluding hydrogens is 989 g/mol. The molecule has 2 aromatic carbocycles. The maximum absolute atomic E-state index is 17.0. The number of hydrogen-bond acceptors (Lipinski definition) is 12. The van der Waals surface area contributed by atoms with Crippen LogP contribution in [-0.2, 0) is 6.54 Å². The molecule has 5 N–H and O–H groups in total. The van der Waals surface area contributed by atoms with Crippen LogP contribution in [0.3, 0.4) is 0 Å². The molecule has 0 atom stereocenters. The van der Waals surface area contributed by atoms with Crippen molar-refractivity contribution in [3.8, 4) is 71.9 Å². The van der Waals surface area contributed by atoms with Crippen molar-refractivity contribution < 1.29 is 18.1 Å². The van der Waals surface area contributed by atoms with E-state index in [0.717, 1.165) is 58.8 Å². The number of hydrogen-bond donors (Lipinski definition) is 5. The summed E-state index contributed by atoms with van der Waals surface area (Å²) in [7, 11) is 0. The molecule has 14 rings (SSSR count). The second-order valence-corrected chi connectivity index (χ2v) is 20.3. The van der Waals surface area contributed by atoms with Gasteiger partial charge < -0.3 is 15.3 Å². The first kappa shape index (κ1) is 44.5. The topological polar surface area (TPSA) is 202 Å². The van der Waals surface area contributed by atoms with Gasteiger partial charge in [0.05, 0.1) is 40.7 Å². The van der Waals surface area contributed by atoms with Crippen LogP contribution in [0.1, 0.15) is 28.8 Å². The lowest BCUT2D eigenvalue weighted by molar-refractivity contribution is -0.570. The lowest BCUT2D eigenvalue weighted by Gasteiger charge is -2.15. The third-order valence-corrected chi connectivity index (χ3v) is 15.4. The van der Waals surface area contributed by atoms with Gasteiger partial charge in [0.15, 0.2) is 33.8 Å². The molecule has 0 spiro atoms. The molecule has 16 nitrogen and oxygen atoms in total. The summed E-state index contributed by atoms with van der Waals surface area (Å²) < 4.78 is 32.9. The third kappa shape index (κ3) is 8.07. The van der Waals surface area contributed by atoms with Crippen molar-refractivity contribution in [2.45, 2.75) is 19.4 Å². The van der Waals surface area contributed by atoms with E-state index in [2.05, 4.69) is 80.8 Å². The van der Waals surface area contributed by atoms with Crippen LogP contribution in [0.2, 0.25) is 0 Å². The number of halogens is 2. The molecule has 0 radical (unpaired) electrons. The van der Waals surface area contributed by atoms with Crippen molar-refractivity contribution in [2.24, 2.45) is 0 Å². The number of anilines is 1. The van der Waals surface area contributed by atoms with Gasteiger partial charge in [0, 0.05) is 80.5 Å². The van der Waals surface area contributed by atoms with Gasteiger partial charge in [0.1, 0.15) is 28.3 Å². The molecule has 364 valence electrons. The van der Waals surface area contributed by atoms with Crippen LogP contribution in [0.15, 0.2) is 141 Å². The molecule has 1 saturated heterocycles. The van der Waals surface area contributed by atoms with Gasteiger partial charge in [-0.15, -0.1) is 27.8 Å². The summed E-state index contributed by atoms with van der Waals surface area (Å²) in [6.07, 6.45) is 16.1. The Morgan fingerprint density at radius 1 is 0.667 bits per heavy atom. The monoisotopic (exact) mass is 1030 g/mol. The largest absolute Gasteiger partial charge is 0.335 e. The van der Waals surface area contributed by atoms with Crippen molar-refractivity contribution >= 4 is 78.4 Å². The van der Waals surface area contributed by atoms with E-state index < -0.39 is 5.13 Å². The standard InChI is InChI=1S/C55H37F2N15OS2/c56-45-12-11-43(74-45)38-23-59-25-40-46(38)65-53(64-40)49-37-18-34(32-16-35(22-58-20-32)62-55(73)30-8-2-1-3-9-30)28-72(54(37)70-68-49)42-19-44(75-50(42)57)39-24-60-26-41-47(39)66-52(63-41)48-36-17-33(21-61-51(36)69-67-48)31-10-6-7-29(15-31)27-71-13-4-5-14-71/h1-3,6-12,15-26,28H,4-5,13-14,27H2,(H4,59,60,61,62,63,64,65,66,67,68,69,73)/p+1. The SMILES string of the molecule is O=C(Nc1cncc(-c2cc3c(-c4nc5c(-c6ccc(F)s6)cncc5[nH]4)n[nH]c3[n+](-c3cc(-c4cncc5[nH]c(-c6n[nH]c7ncc(-c8cccc(CN9CCCC9)c8)cc67)nc45)sc3F)c2)c1)c1ccccc1. The number of carbonyl (C=O) groups excluding carboxylic acids is 1. The van der Waals surface area contributed by atoms with Gasteiger partial charge in [-0.2, -0.15) is 18.4 Å². The maximum atomic E-state index is 17.0. The molecule has 12 heterocycles. The molecule has 1 amide bonds. The summed E-state index contributed by atoms with van der Waals surface area (Å²) in [5.41, 5.74) is 11.6. The minimum Gasteiger partial charge on any atom is -0.335 e. The van der Waals surface area contributed by atoms with Crippen LogP contribution in [0.25, 0.3) is 116 Å². The average molecular weight is 1030 g/mol. The number of nitrogens with one attached hydrogen (secondary N) is 5. The van der Waals surface area contributed by atoms with Crippen LogP contribution in [-0.4, -0.2) is 84.2 Å². The van der Waals surface area contributed by atoms with Crippen molar-refractivity contribution in [1.29, 1.82) is 0 Å². The predicted octanol–water partition coefficient (Wildman–Crippen LogP) is 11.3. The highest BCUT2D eigenvalue weighted by atomic mass is 32.1. The molecule has 75 heavy (non-hydrogen) atoms. The first-order valence-electron chi connectivity index (χ1n) is 24.0. The third-order valence-electron chi connectivity index (χ3n) is 13.5. The molecule has 20 heteroatoms. The van der Waals surface area contributed by atoms with Crippen molar-refractivity contribution in [3.63, 3.8) is 0 Å². The van der Waals surface area contributed by atoms with Gasteiger partial charge in [-0.3, -0.25) is 29.7 Å². The molecule has 1 aliphatic heterocycles. The summed E-state index contributed by atoms with van der Waals surface area (Å²) >= 11 is 1.96. The summed E-state index contributed by atoms with van der Waals surface area (Å²) in [6, 6.07) is 28.2. The number of rotatable bonds is 11. The highest BCUT2D eigenvalue weighted by Gasteiger charge is 2.28. The van der Waals surface area contributed by atoms with E-state index in [-0.39, 0.29) is 16.7 Å². The van der Waals surface area contributed by atoms with E-state index in [1.807, 2.05) is 24.4 Å². The summed E-state index contributed by atoms with van der Waals surface area (Å²) in [6.45, 7) is 3.16. The Labute approximate surface area is 431 Å². The normalized spacial score (nSPS) is 13.0. The number of pyridine rings is 5. The van der Waals surface area contributed by atoms with E-state index in [1.54, 1.807) is 84.3 Å². The minimum atomic E-state index is -0.483. The number of aromatic nitrogens is 13. The number of nitrogens with zero attached hydrogens (tertiary/aromatic N) is 10. The van der Waals surface area contributed by atoms with Crippen LogP contribution < -0.4 is 9.88 Å². The first-order valence-corrected chi connectivity index (χ1v) is 25.6. The highest BCUT2D eigenvalue weighted by molar-refractivity contribution is 7.14. The zero-order valence-electron chi connectivity index (χ0n) is 39.3. The van der Waals surface area contributed by atoms with Crippen LogP contribution in [0, 0.1) is 10.3 Å². The summed E-state index contributed by atoms with van der Waals surface area (Å²) in [4.78, 5) is 52.0. The van der Waals surface area contributed by atoms with Gasteiger partial charge in [-0.05, 0) is 85.6 Å². The molecule has 13 aromatic rings. The average Bonchev–Trinajstić information content (AvgIpc) is 4.33. The van der Waals surface area contributed by atoms with Crippen LogP contribution in [0.4, 0.5) is 14.5 Å². The second-order valence-electron chi connectivity index (χ2n) is 18.3. The van der Waals surface area contributed by atoms with Crippen molar-refractivity contribution in [2.75, 3.05) is 18.4 Å². The zero-order valence-corrected chi connectivity index (χ0v) is 40.9. The number of imidazole rings is 2. The van der Waals surface area contributed by atoms with Gasteiger partial charge >= 0.3 is 5.65 Å². The number of amides is 1. The Balaban J connectivity index is 0.855. The number of carbonyl (C=O) groups is 1. The minimum absolute atomic E-state index is 0.225. The van der Waals surface area contributed by atoms with E-state index in [0.29, 0.717) is 105 Å². The Morgan fingerprint density at radius 3 is 2.16 bits per heavy atom. The molecule has 1 aliphatic rings. The molecule has 0 unspecified atom stereocenters. The molecule has 0 saturated carbocycles. The molecule has 11 aromatic heterocycles. The second kappa shape index (κ2) is 18.1. The number of benzene rings is 2. The Morgan fingerprint density at radius 2 is 1.39 bits per heavy atom. The van der Waals surface area contributed by atoms with Crippen molar-refractivity contribution in [1.82, 2.24) is 65.2 Å². The van der Waals surface area contributed by atoms with Gasteiger partial charge in [-0.1, -0.05) is 41.5 Å². The molecule has 1 fully saturated rings. The maximum Gasteiger partial charge on any atom is 0.314 e. The van der Waals surface area contributed by atoms with Crippen LogP contribution >= 0.6 is 22.7 Å². The number of aromatic amines is 4. The van der Waals surface area contributed by atoms with E-state index >= 15 is 4.39 Å². The Hall–Kier alpha value is -9.24. The smallest absolute Gasteiger partial charge is 0.314 e. The number of thiophene rings is 2. The first-order chi connectivity index (χ1) is 36.8. The predicted molar refractivity (Wildman–Crippen MR) is 285 cm³/mol. The van der Waals surface area contributed by atoms with E-state index in [9.17, 15) is 9.18 Å². The fourth-order valence-corrected chi connectivity index (χ4v) is 11.5. The van der Waals surface area contributed by atoms with Crippen molar-refractivity contribution in [3.05, 3.63) is 162 Å². The van der Waals surface area contributed by atoms with E-state index in [1.165, 1.54) is 24.5 Å². The van der Waals surface area contributed by atoms with E-state index in [4.69, 9.17) is 20.1 Å². The quantitative estimate of drug-likeness (QED) is 0.0776. The van der Waals surface area contributed by atoms with Crippen LogP contribution in [0.5, 0.6) is 0 Å². The zero-order chi connectivity index (χ0) is 50.1. The highest BCUT2D eigenvalue weighted by Crippen LogP contribution is 2.39. The fraction of sp³-hybridized carbons (Fsp3) is 0.0909. The molecular formula is C55H38F2N15OS2+. The summed E-state index contributed by atoms with van der Waals surface area (Å²) in [5.74, 6) is 0.617. The van der Waals surface area contributed by atoms with Gasteiger partial charge in [0.25, 0.3) is 5.91 Å². The molecule has 0 aliphatic carbocycles. The number of fused-ring (bicyclic) bond motifs is 4. The fourth-order valence-electron chi connectivity index (χ4n) is 9.90. The number of H-pyrrole nitrogens is 4. The lowest BCUT2D eigenvalue weighted by Crippen LogP contribution is -2.32. The van der Waals surface area contributed by atoms with Gasteiger partial charge in [0.2, 0.25) is 5.13 Å². The summed E-state index contributed by atoms with van der Waals surface area (Å²) in [5, 5.41) is 19.2. The Bertz CT molecular complexity index is 4360.